The summed E-state index contributed by atoms with van der Waals surface area (Å²) >= 11 is 1.45. The maximum Gasteiger partial charge on any atom is 0.321 e. The largest absolute Gasteiger partial charge is 0.480 e. The van der Waals surface area contributed by atoms with Gasteiger partial charge in [0.2, 0.25) is 0 Å². The van der Waals surface area contributed by atoms with Gasteiger partial charge >= 0.3 is 5.97 Å². The van der Waals surface area contributed by atoms with Gasteiger partial charge in [0.1, 0.15) is 22.9 Å². The number of benzene rings is 1. The molecule has 0 saturated carbocycles. The molecule has 7 nitrogen and oxygen atoms in total. The summed E-state index contributed by atoms with van der Waals surface area (Å²) in [6, 6.07) is 9.07. The fraction of sp³-hybridized carbons (Fsp3) is 0.214. The van der Waals surface area contributed by atoms with E-state index < -0.39 is 16.9 Å². The Balaban J connectivity index is 1.81. The van der Waals surface area contributed by atoms with Gasteiger partial charge in [-0.1, -0.05) is 12.1 Å². The number of hydrogen-bond acceptors (Lipinski definition) is 6. The van der Waals surface area contributed by atoms with Crippen molar-refractivity contribution in [2.75, 3.05) is 5.75 Å². The molecule has 1 aromatic heterocycles. The van der Waals surface area contributed by atoms with E-state index in [4.69, 9.17) is 9.52 Å². The van der Waals surface area contributed by atoms with Gasteiger partial charge in [-0.25, -0.2) is 0 Å². The lowest BCUT2D eigenvalue weighted by atomic mass is 10.1. The lowest BCUT2D eigenvalue weighted by Gasteiger charge is -2.07. The van der Waals surface area contributed by atoms with Gasteiger partial charge in [-0.05, 0) is 12.1 Å². The molecule has 0 radical (unpaired) electrons. The summed E-state index contributed by atoms with van der Waals surface area (Å²) in [5.41, 5.74) is 0.605. The minimum atomic E-state index is -0.888. The van der Waals surface area contributed by atoms with Gasteiger partial charge < -0.3 is 9.52 Å². The number of carboxylic acid groups (broad SMARTS) is 1. The number of thioether (sulfide) groups is 1. The molecule has 2 atom stereocenters. The molecule has 0 aliphatic carbocycles. The second kappa shape index (κ2) is 5.82. The Morgan fingerprint density at radius 1 is 1.41 bits per heavy atom. The van der Waals surface area contributed by atoms with Crippen molar-refractivity contribution in [1.82, 2.24) is 5.32 Å². The Bertz CT molecular complexity index is 730. The fourth-order valence-electron chi connectivity index (χ4n) is 2.20. The van der Waals surface area contributed by atoms with E-state index in [0.717, 1.165) is 0 Å². The molecule has 22 heavy (non-hydrogen) atoms. The zero-order chi connectivity index (χ0) is 15.7. The topological polar surface area (TPSA) is 106 Å². The van der Waals surface area contributed by atoms with Crippen molar-refractivity contribution in [2.45, 2.75) is 11.4 Å². The second-order valence-electron chi connectivity index (χ2n) is 4.78. The van der Waals surface area contributed by atoms with Gasteiger partial charge in [0.15, 0.2) is 0 Å². The highest BCUT2D eigenvalue weighted by molar-refractivity contribution is 7.99. The quantitative estimate of drug-likeness (QED) is 0.659. The van der Waals surface area contributed by atoms with Crippen LogP contribution >= 0.6 is 11.8 Å². The summed E-state index contributed by atoms with van der Waals surface area (Å²) in [5, 5.41) is 22.5. The molecule has 8 heteroatoms. The number of carboxylic acids is 1. The highest BCUT2D eigenvalue weighted by Gasteiger charge is 2.32. The molecule has 3 rings (SSSR count). The molecule has 2 heterocycles. The van der Waals surface area contributed by atoms with Gasteiger partial charge in [0.25, 0.3) is 5.69 Å². The molecular weight excluding hydrogens is 308 g/mol. The van der Waals surface area contributed by atoms with Crippen molar-refractivity contribution < 1.29 is 19.2 Å². The Kier molecular flexibility index (Phi) is 3.86. The Morgan fingerprint density at radius 3 is 2.91 bits per heavy atom. The third-order valence-corrected chi connectivity index (χ3v) is 4.53. The highest BCUT2D eigenvalue weighted by Crippen LogP contribution is 2.36. The number of carbonyl (C=O) groups is 1. The number of non-ortho nitro benzene ring substituents is 1. The molecule has 1 saturated heterocycles. The molecule has 0 bridgehead atoms. The summed E-state index contributed by atoms with van der Waals surface area (Å²) in [6.45, 7) is 0. The molecule has 0 spiro atoms. The van der Waals surface area contributed by atoms with E-state index >= 15 is 0 Å². The van der Waals surface area contributed by atoms with Crippen molar-refractivity contribution in [2.24, 2.45) is 0 Å². The van der Waals surface area contributed by atoms with E-state index in [-0.39, 0.29) is 11.1 Å². The van der Waals surface area contributed by atoms with Crippen LogP contribution in [-0.4, -0.2) is 27.8 Å². The third kappa shape index (κ3) is 2.83. The predicted octanol–water partition coefficient (Wildman–Crippen LogP) is 2.64. The van der Waals surface area contributed by atoms with Crippen LogP contribution in [0.1, 0.15) is 11.1 Å². The zero-order valence-electron chi connectivity index (χ0n) is 11.3. The van der Waals surface area contributed by atoms with Crippen molar-refractivity contribution >= 4 is 23.4 Å². The molecule has 1 aliphatic rings. The van der Waals surface area contributed by atoms with Crippen molar-refractivity contribution in [3.8, 4) is 11.3 Å². The molecule has 2 aromatic rings. The van der Waals surface area contributed by atoms with Crippen LogP contribution in [0.3, 0.4) is 0 Å². The molecule has 2 N–H and O–H groups in total. The number of rotatable bonds is 4. The lowest BCUT2D eigenvalue weighted by Crippen LogP contribution is -2.33. The average molecular weight is 320 g/mol. The summed E-state index contributed by atoms with van der Waals surface area (Å²) in [5.74, 6) is 0.697. The highest BCUT2D eigenvalue weighted by atomic mass is 32.2. The maximum absolute atomic E-state index is 10.9. The SMILES string of the molecule is O=C(O)[C@@H]1CS[C@@H](c2ccc(-c3cccc([N+](=O)[O-])c3)o2)N1. The van der Waals surface area contributed by atoms with E-state index in [9.17, 15) is 14.9 Å². The Hall–Kier alpha value is -2.32. The third-order valence-electron chi connectivity index (χ3n) is 3.31. The monoisotopic (exact) mass is 320 g/mol. The predicted molar refractivity (Wildman–Crippen MR) is 80.6 cm³/mol. The van der Waals surface area contributed by atoms with Crippen LogP contribution in [0.25, 0.3) is 11.3 Å². The molecule has 1 aliphatic heterocycles. The van der Waals surface area contributed by atoms with Crippen LogP contribution in [0, 0.1) is 10.1 Å². The molecule has 1 fully saturated rings. The van der Waals surface area contributed by atoms with Gasteiger partial charge in [-0.3, -0.25) is 20.2 Å². The summed E-state index contributed by atoms with van der Waals surface area (Å²) in [7, 11) is 0. The number of nitrogens with zero attached hydrogens (tertiary/aromatic N) is 1. The van der Waals surface area contributed by atoms with Crippen LogP contribution in [0.2, 0.25) is 0 Å². The number of nitro groups is 1. The first-order valence-electron chi connectivity index (χ1n) is 6.49. The first kappa shape index (κ1) is 14.6. The number of hydrogen-bond donors (Lipinski definition) is 2. The molecule has 0 unspecified atom stereocenters. The molecule has 114 valence electrons. The molecule has 0 amide bonds. The summed E-state index contributed by atoms with van der Waals surface area (Å²) in [4.78, 5) is 21.3. The normalized spacial score (nSPS) is 20.9. The van der Waals surface area contributed by atoms with Crippen LogP contribution in [0.15, 0.2) is 40.8 Å². The van der Waals surface area contributed by atoms with Crippen LogP contribution in [-0.2, 0) is 4.79 Å². The lowest BCUT2D eigenvalue weighted by molar-refractivity contribution is -0.384. The van der Waals surface area contributed by atoms with E-state index in [1.165, 1.54) is 23.9 Å². The zero-order valence-corrected chi connectivity index (χ0v) is 12.1. The van der Waals surface area contributed by atoms with E-state index in [1.807, 2.05) is 0 Å². The summed E-state index contributed by atoms with van der Waals surface area (Å²) < 4.78 is 5.72. The van der Waals surface area contributed by atoms with Gasteiger partial charge in [0.05, 0.1) is 4.92 Å². The molecular formula is C14H12N2O5S. The number of nitrogens with one attached hydrogen (secondary N) is 1. The Morgan fingerprint density at radius 2 is 2.23 bits per heavy atom. The van der Waals surface area contributed by atoms with E-state index in [2.05, 4.69) is 5.32 Å². The number of aliphatic carboxylic acids is 1. The number of nitro benzene ring substituents is 1. The van der Waals surface area contributed by atoms with Crippen LogP contribution < -0.4 is 5.32 Å². The fourth-order valence-corrected chi connectivity index (χ4v) is 3.38. The minimum absolute atomic E-state index is 0.00485. The first-order valence-corrected chi connectivity index (χ1v) is 7.54. The Labute approximate surface area is 129 Å². The van der Waals surface area contributed by atoms with Crippen LogP contribution in [0.4, 0.5) is 5.69 Å². The second-order valence-corrected chi connectivity index (χ2v) is 5.92. The van der Waals surface area contributed by atoms with Crippen molar-refractivity contribution in [1.29, 1.82) is 0 Å². The van der Waals surface area contributed by atoms with Crippen LogP contribution in [0.5, 0.6) is 0 Å². The first-order chi connectivity index (χ1) is 10.5. The standard InChI is InChI=1S/C14H12N2O5S/c17-14(18)10-7-22-13(15-10)12-5-4-11(21-12)8-2-1-3-9(6-8)16(19)20/h1-6,10,13,15H,7H2,(H,17,18)/t10-,13-/m0/s1. The van der Waals surface area contributed by atoms with Gasteiger partial charge in [-0.2, -0.15) is 0 Å². The maximum atomic E-state index is 10.9. The van der Waals surface area contributed by atoms with Gasteiger partial charge in [-0.15, -0.1) is 11.8 Å². The van der Waals surface area contributed by atoms with Crippen molar-refractivity contribution in [3.63, 3.8) is 0 Å². The number of furan rings is 1. The van der Waals surface area contributed by atoms with Crippen molar-refractivity contribution in [3.05, 3.63) is 52.3 Å². The minimum Gasteiger partial charge on any atom is -0.480 e. The smallest absolute Gasteiger partial charge is 0.321 e. The average Bonchev–Trinajstić information content (AvgIpc) is 3.16. The summed E-state index contributed by atoms with van der Waals surface area (Å²) in [6.07, 6.45) is 0. The van der Waals surface area contributed by atoms with Gasteiger partial charge in [0, 0.05) is 23.4 Å². The molecule has 1 aromatic carbocycles. The van der Waals surface area contributed by atoms with E-state index in [1.54, 1.807) is 24.3 Å². The van der Waals surface area contributed by atoms with E-state index in [0.29, 0.717) is 22.8 Å².